The first-order chi connectivity index (χ1) is 13.9. The second-order valence-corrected chi connectivity index (χ2v) is 6.98. The van der Waals surface area contributed by atoms with Gasteiger partial charge >= 0.3 is 6.36 Å². The maximum Gasteiger partial charge on any atom is 0.573 e. The van der Waals surface area contributed by atoms with E-state index in [9.17, 15) is 18.0 Å². The summed E-state index contributed by atoms with van der Waals surface area (Å²) < 4.78 is 40.6. The topological polar surface area (TPSA) is 67.0 Å². The lowest BCUT2D eigenvalue weighted by Gasteiger charge is -2.09. The van der Waals surface area contributed by atoms with E-state index in [0.29, 0.717) is 11.7 Å². The van der Waals surface area contributed by atoms with Crippen molar-refractivity contribution in [2.75, 3.05) is 5.32 Å². The fourth-order valence-electron chi connectivity index (χ4n) is 3.04. The number of carbonyl (C=O) groups is 1. The number of anilines is 1. The van der Waals surface area contributed by atoms with Crippen molar-refractivity contribution in [2.24, 2.45) is 0 Å². The van der Waals surface area contributed by atoms with Crippen LogP contribution in [0.1, 0.15) is 30.0 Å². The SMILES string of the molecule is O=C(Cc1ccc(-c2ccc(OC(F)(F)F)cc2)cc1)Nc1cc(C2CC2)[nH]n1. The molecule has 0 atom stereocenters. The molecule has 1 saturated carbocycles. The first kappa shape index (κ1) is 19.0. The number of aromatic nitrogens is 2. The van der Waals surface area contributed by atoms with Gasteiger partial charge in [-0.25, -0.2) is 0 Å². The minimum Gasteiger partial charge on any atom is -0.406 e. The van der Waals surface area contributed by atoms with Crippen LogP contribution in [-0.4, -0.2) is 22.5 Å². The number of hydrogen-bond donors (Lipinski definition) is 2. The van der Waals surface area contributed by atoms with E-state index in [2.05, 4.69) is 20.3 Å². The number of rotatable bonds is 6. The Morgan fingerprint density at radius 1 is 1.07 bits per heavy atom. The maximum atomic E-state index is 12.2. The summed E-state index contributed by atoms with van der Waals surface area (Å²) in [5, 5.41) is 9.82. The van der Waals surface area contributed by atoms with Crippen molar-refractivity contribution in [1.29, 1.82) is 0 Å². The first-order valence-corrected chi connectivity index (χ1v) is 9.16. The zero-order valence-electron chi connectivity index (χ0n) is 15.3. The molecular formula is C21H18F3N3O2. The van der Waals surface area contributed by atoms with E-state index in [0.717, 1.165) is 35.2 Å². The average molecular weight is 401 g/mol. The van der Waals surface area contributed by atoms with Gasteiger partial charge in [-0.15, -0.1) is 13.2 Å². The van der Waals surface area contributed by atoms with Crippen LogP contribution in [0.5, 0.6) is 5.75 Å². The molecule has 0 saturated heterocycles. The maximum absolute atomic E-state index is 12.2. The molecule has 1 fully saturated rings. The number of nitrogens with zero attached hydrogens (tertiary/aromatic N) is 1. The number of aromatic amines is 1. The lowest BCUT2D eigenvalue weighted by molar-refractivity contribution is -0.274. The van der Waals surface area contributed by atoms with Crippen molar-refractivity contribution in [1.82, 2.24) is 10.2 Å². The second-order valence-electron chi connectivity index (χ2n) is 6.98. The van der Waals surface area contributed by atoms with E-state index < -0.39 is 6.36 Å². The quantitative estimate of drug-likeness (QED) is 0.609. The Bertz CT molecular complexity index is 991. The lowest BCUT2D eigenvalue weighted by atomic mass is 10.0. The number of hydrogen-bond acceptors (Lipinski definition) is 3. The first-order valence-electron chi connectivity index (χ1n) is 9.16. The van der Waals surface area contributed by atoms with Crippen molar-refractivity contribution in [3.63, 3.8) is 0 Å². The largest absolute Gasteiger partial charge is 0.573 e. The minimum atomic E-state index is -4.71. The van der Waals surface area contributed by atoms with Crippen molar-refractivity contribution in [2.45, 2.75) is 31.5 Å². The van der Waals surface area contributed by atoms with Gasteiger partial charge in [-0.1, -0.05) is 36.4 Å². The minimum absolute atomic E-state index is 0.166. The van der Waals surface area contributed by atoms with E-state index in [1.807, 2.05) is 30.3 Å². The van der Waals surface area contributed by atoms with E-state index in [-0.39, 0.29) is 18.1 Å². The third kappa shape index (κ3) is 5.16. The normalized spacial score (nSPS) is 13.9. The van der Waals surface area contributed by atoms with Gasteiger partial charge in [0.25, 0.3) is 0 Å². The zero-order valence-corrected chi connectivity index (χ0v) is 15.3. The molecular weight excluding hydrogens is 383 g/mol. The third-order valence-corrected chi connectivity index (χ3v) is 4.62. The molecule has 4 rings (SSSR count). The highest BCUT2D eigenvalue weighted by Gasteiger charge is 2.31. The molecule has 2 N–H and O–H groups in total. The Labute approximate surface area is 164 Å². The van der Waals surface area contributed by atoms with Crippen molar-refractivity contribution in [3.8, 4) is 16.9 Å². The van der Waals surface area contributed by atoms with Gasteiger partial charge < -0.3 is 10.1 Å². The van der Waals surface area contributed by atoms with Crippen molar-refractivity contribution in [3.05, 3.63) is 65.9 Å². The number of carbonyl (C=O) groups excluding carboxylic acids is 1. The van der Waals surface area contributed by atoms with Crippen LogP contribution < -0.4 is 10.1 Å². The van der Waals surface area contributed by atoms with Crippen LogP contribution in [0.15, 0.2) is 54.6 Å². The molecule has 2 aromatic carbocycles. The Morgan fingerprint density at radius 3 is 2.28 bits per heavy atom. The molecule has 5 nitrogen and oxygen atoms in total. The van der Waals surface area contributed by atoms with Gasteiger partial charge in [-0.3, -0.25) is 9.89 Å². The van der Waals surface area contributed by atoms with Crippen LogP contribution in [0.4, 0.5) is 19.0 Å². The molecule has 3 aromatic rings. The molecule has 0 spiro atoms. The van der Waals surface area contributed by atoms with Crippen molar-refractivity contribution < 1.29 is 22.7 Å². The lowest BCUT2D eigenvalue weighted by Crippen LogP contribution is -2.16. The van der Waals surface area contributed by atoms with Crippen LogP contribution in [0.2, 0.25) is 0 Å². The molecule has 0 aliphatic heterocycles. The summed E-state index contributed by atoms with van der Waals surface area (Å²) in [6.07, 6.45) is -2.20. The highest BCUT2D eigenvalue weighted by Crippen LogP contribution is 2.39. The molecule has 8 heteroatoms. The number of nitrogens with one attached hydrogen (secondary N) is 2. The third-order valence-electron chi connectivity index (χ3n) is 4.62. The summed E-state index contributed by atoms with van der Waals surface area (Å²) in [4.78, 5) is 12.2. The summed E-state index contributed by atoms with van der Waals surface area (Å²) in [6, 6.07) is 14.8. The van der Waals surface area contributed by atoms with Gasteiger partial charge in [-0.2, -0.15) is 5.10 Å². The highest BCUT2D eigenvalue weighted by atomic mass is 19.4. The van der Waals surface area contributed by atoms with Crippen LogP contribution in [-0.2, 0) is 11.2 Å². The second kappa shape index (κ2) is 7.62. The molecule has 1 aromatic heterocycles. The van der Waals surface area contributed by atoms with E-state index in [1.54, 1.807) is 12.1 Å². The van der Waals surface area contributed by atoms with Crippen LogP contribution >= 0.6 is 0 Å². The summed E-state index contributed by atoms with van der Waals surface area (Å²) in [7, 11) is 0. The number of halogens is 3. The molecule has 0 bridgehead atoms. The standard InChI is InChI=1S/C21H18F3N3O2/c22-21(23,24)29-17-9-7-15(8-10-17)14-3-1-13(2-4-14)11-20(28)25-19-12-18(26-27-19)16-5-6-16/h1-4,7-10,12,16H,5-6,11H2,(H2,25,26,27,28). The number of benzene rings is 2. The molecule has 0 unspecified atom stereocenters. The number of amides is 1. The van der Waals surface area contributed by atoms with E-state index in [1.165, 1.54) is 12.1 Å². The number of H-pyrrole nitrogens is 1. The number of alkyl halides is 3. The van der Waals surface area contributed by atoms with Gasteiger partial charge in [0.1, 0.15) is 5.75 Å². The highest BCUT2D eigenvalue weighted by molar-refractivity contribution is 5.91. The Hall–Kier alpha value is -3.29. The van der Waals surface area contributed by atoms with Crippen LogP contribution in [0, 0.1) is 0 Å². The predicted octanol–water partition coefficient (Wildman–Crippen LogP) is 5.03. The van der Waals surface area contributed by atoms with E-state index in [4.69, 9.17) is 0 Å². The Morgan fingerprint density at radius 2 is 1.69 bits per heavy atom. The molecule has 1 amide bonds. The summed E-state index contributed by atoms with van der Waals surface area (Å²) in [5.74, 6) is 0.627. The van der Waals surface area contributed by atoms with Gasteiger partial charge in [0.05, 0.1) is 6.42 Å². The molecule has 29 heavy (non-hydrogen) atoms. The monoisotopic (exact) mass is 401 g/mol. The fourth-order valence-corrected chi connectivity index (χ4v) is 3.04. The molecule has 1 heterocycles. The van der Waals surface area contributed by atoms with E-state index >= 15 is 0 Å². The molecule has 1 aliphatic carbocycles. The fraction of sp³-hybridized carbons (Fsp3) is 0.238. The van der Waals surface area contributed by atoms with Crippen molar-refractivity contribution >= 4 is 11.7 Å². The van der Waals surface area contributed by atoms with Crippen LogP contribution in [0.25, 0.3) is 11.1 Å². The van der Waals surface area contributed by atoms with Gasteiger partial charge in [0.15, 0.2) is 5.82 Å². The summed E-state index contributed by atoms with van der Waals surface area (Å²) in [6.45, 7) is 0. The van der Waals surface area contributed by atoms with Gasteiger partial charge in [-0.05, 0) is 41.7 Å². The summed E-state index contributed by atoms with van der Waals surface area (Å²) >= 11 is 0. The summed E-state index contributed by atoms with van der Waals surface area (Å²) in [5.41, 5.74) is 3.45. The zero-order chi connectivity index (χ0) is 20.4. The Kier molecular flexibility index (Phi) is 5.00. The molecule has 150 valence electrons. The van der Waals surface area contributed by atoms with Crippen LogP contribution in [0.3, 0.4) is 0 Å². The average Bonchev–Trinajstić information content (AvgIpc) is 3.41. The number of ether oxygens (including phenoxy) is 1. The van der Waals surface area contributed by atoms with Gasteiger partial charge in [0, 0.05) is 17.7 Å². The Balaban J connectivity index is 1.35. The molecule has 0 radical (unpaired) electrons. The van der Waals surface area contributed by atoms with Gasteiger partial charge in [0.2, 0.25) is 5.91 Å². The molecule has 1 aliphatic rings. The smallest absolute Gasteiger partial charge is 0.406 e. The predicted molar refractivity (Wildman–Crippen MR) is 101 cm³/mol.